The van der Waals surface area contributed by atoms with Crippen LogP contribution in [-0.4, -0.2) is 41.3 Å². The lowest BCUT2D eigenvalue weighted by molar-refractivity contribution is 0.122. The summed E-state index contributed by atoms with van der Waals surface area (Å²) >= 11 is 0. The zero-order chi connectivity index (χ0) is 15.4. The number of nitrogens with zero attached hydrogens (tertiary/aromatic N) is 4. The van der Waals surface area contributed by atoms with Gasteiger partial charge < -0.3 is 9.64 Å². The molecule has 0 unspecified atom stereocenters. The first-order valence-electron chi connectivity index (χ1n) is 8.31. The summed E-state index contributed by atoms with van der Waals surface area (Å²) in [6.45, 7) is 7.62. The Morgan fingerprint density at radius 2 is 1.77 bits per heavy atom. The van der Waals surface area contributed by atoms with Gasteiger partial charge in [0.15, 0.2) is 5.65 Å². The summed E-state index contributed by atoms with van der Waals surface area (Å²) in [5, 5.41) is 1.06. The molecule has 0 aromatic carbocycles. The molecule has 5 nitrogen and oxygen atoms in total. The molecule has 0 N–H and O–H groups in total. The van der Waals surface area contributed by atoms with Crippen molar-refractivity contribution in [3.8, 4) is 0 Å². The van der Waals surface area contributed by atoms with Gasteiger partial charge in [-0.2, -0.15) is 0 Å². The Hall–Kier alpha value is -1.75. The predicted molar refractivity (Wildman–Crippen MR) is 88.4 cm³/mol. The molecule has 5 heteroatoms. The van der Waals surface area contributed by atoms with Crippen LogP contribution in [0.2, 0.25) is 0 Å². The highest BCUT2D eigenvalue weighted by molar-refractivity contribution is 5.87. The van der Waals surface area contributed by atoms with E-state index in [1.807, 2.05) is 0 Å². The molecule has 118 valence electrons. The Morgan fingerprint density at radius 3 is 2.50 bits per heavy atom. The second-order valence-corrected chi connectivity index (χ2v) is 5.74. The van der Waals surface area contributed by atoms with Crippen molar-refractivity contribution in [3.05, 3.63) is 23.7 Å². The van der Waals surface area contributed by atoms with Crippen LogP contribution in [0, 0.1) is 0 Å². The van der Waals surface area contributed by atoms with Crippen LogP contribution in [0.15, 0.2) is 12.1 Å². The van der Waals surface area contributed by atoms with Gasteiger partial charge in [-0.3, -0.25) is 0 Å². The van der Waals surface area contributed by atoms with E-state index in [9.17, 15) is 0 Å². The van der Waals surface area contributed by atoms with Gasteiger partial charge in [0.05, 0.1) is 18.6 Å². The molecular formula is C17H24N4O. The van der Waals surface area contributed by atoms with Gasteiger partial charge in [0, 0.05) is 25.2 Å². The fourth-order valence-corrected chi connectivity index (χ4v) is 2.82. The molecule has 0 spiro atoms. The number of pyridine rings is 1. The zero-order valence-electron chi connectivity index (χ0n) is 13.5. The molecular weight excluding hydrogens is 276 g/mol. The third kappa shape index (κ3) is 3.19. The third-order valence-electron chi connectivity index (χ3n) is 3.93. The van der Waals surface area contributed by atoms with E-state index < -0.39 is 0 Å². The molecule has 22 heavy (non-hydrogen) atoms. The van der Waals surface area contributed by atoms with Crippen molar-refractivity contribution in [2.24, 2.45) is 0 Å². The molecule has 1 fully saturated rings. The standard InChI is InChI=1S/C17H24N4O/c1-3-5-13-7-8-14-16(18-13)19-15(6-4-2)20-17(14)21-9-11-22-12-10-21/h7-8H,3-6,9-12H2,1-2H3. The van der Waals surface area contributed by atoms with Gasteiger partial charge in [0.2, 0.25) is 0 Å². The Balaban J connectivity index is 2.06. The van der Waals surface area contributed by atoms with Gasteiger partial charge >= 0.3 is 0 Å². The molecule has 1 saturated heterocycles. The molecule has 1 aliphatic heterocycles. The first kappa shape index (κ1) is 15.2. The number of hydrogen-bond acceptors (Lipinski definition) is 5. The Kier molecular flexibility index (Phi) is 4.83. The maximum Gasteiger partial charge on any atom is 0.165 e. The van der Waals surface area contributed by atoms with Gasteiger partial charge in [0.1, 0.15) is 11.6 Å². The van der Waals surface area contributed by atoms with Gasteiger partial charge in [-0.05, 0) is 25.0 Å². The van der Waals surface area contributed by atoms with Crippen molar-refractivity contribution in [1.29, 1.82) is 0 Å². The fourth-order valence-electron chi connectivity index (χ4n) is 2.82. The van der Waals surface area contributed by atoms with Gasteiger partial charge in [-0.1, -0.05) is 20.3 Å². The van der Waals surface area contributed by atoms with Gasteiger partial charge in [-0.25, -0.2) is 15.0 Å². The predicted octanol–water partition coefficient (Wildman–Crippen LogP) is 2.77. The summed E-state index contributed by atoms with van der Waals surface area (Å²) in [4.78, 5) is 16.5. The van der Waals surface area contributed by atoms with E-state index in [4.69, 9.17) is 14.7 Å². The quantitative estimate of drug-likeness (QED) is 0.850. The molecule has 0 amide bonds. The van der Waals surface area contributed by atoms with Gasteiger partial charge in [0.25, 0.3) is 0 Å². The number of anilines is 1. The molecule has 0 saturated carbocycles. The number of aromatic nitrogens is 3. The molecule has 0 bridgehead atoms. The van der Waals surface area contributed by atoms with Gasteiger partial charge in [-0.15, -0.1) is 0 Å². The summed E-state index contributed by atoms with van der Waals surface area (Å²) in [5.41, 5.74) is 1.95. The van der Waals surface area contributed by atoms with Crippen LogP contribution >= 0.6 is 0 Å². The van der Waals surface area contributed by atoms with E-state index >= 15 is 0 Å². The lowest BCUT2D eigenvalue weighted by Crippen LogP contribution is -2.37. The highest BCUT2D eigenvalue weighted by Gasteiger charge is 2.18. The van der Waals surface area contributed by atoms with Crippen molar-refractivity contribution < 1.29 is 4.74 Å². The maximum atomic E-state index is 5.46. The van der Waals surface area contributed by atoms with E-state index in [2.05, 4.69) is 35.9 Å². The monoisotopic (exact) mass is 300 g/mol. The zero-order valence-corrected chi connectivity index (χ0v) is 13.5. The molecule has 3 heterocycles. The summed E-state index contributed by atoms with van der Waals surface area (Å²) in [5.74, 6) is 1.92. The fraction of sp³-hybridized carbons (Fsp3) is 0.588. The van der Waals surface area contributed by atoms with Crippen molar-refractivity contribution in [1.82, 2.24) is 15.0 Å². The highest BCUT2D eigenvalue weighted by atomic mass is 16.5. The normalized spacial score (nSPS) is 15.5. The van der Waals surface area contributed by atoms with Crippen molar-refractivity contribution in [2.75, 3.05) is 31.2 Å². The van der Waals surface area contributed by atoms with E-state index in [1.54, 1.807) is 0 Å². The second-order valence-electron chi connectivity index (χ2n) is 5.74. The third-order valence-corrected chi connectivity index (χ3v) is 3.93. The van der Waals surface area contributed by atoms with Crippen LogP contribution in [0.25, 0.3) is 11.0 Å². The Morgan fingerprint density at radius 1 is 1.00 bits per heavy atom. The molecule has 0 atom stereocenters. The number of fused-ring (bicyclic) bond motifs is 1. The maximum absolute atomic E-state index is 5.46. The number of morpholine rings is 1. The molecule has 2 aromatic rings. The number of rotatable bonds is 5. The highest BCUT2D eigenvalue weighted by Crippen LogP contribution is 2.24. The summed E-state index contributed by atoms with van der Waals surface area (Å²) < 4.78 is 5.46. The van der Waals surface area contributed by atoms with Crippen molar-refractivity contribution in [2.45, 2.75) is 39.5 Å². The number of hydrogen-bond donors (Lipinski definition) is 0. The van der Waals surface area contributed by atoms with Crippen LogP contribution in [0.4, 0.5) is 5.82 Å². The summed E-state index contributed by atoms with van der Waals surface area (Å²) in [7, 11) is 0. The summed E-state index contributed by atoms with van der Waals surface area (Å²) in [6.07, 6.45) is 4.04. The lowest BCUT2D eigenvalue weighted by atomic mass is 10.2. The molecule has 2 aromatic heterocycles. The first-order valence-corrected chi connectivity index (χ1v) is 8.31. The second kappa shape index (κ2) is 7.01. The van der Waals surface area contributed by atoms with E-state index in [0.29, 0.717) is 0 Å². The number of aryl methyl sites for hydroxylation is 2. The van der Waals surface area contributed by atoms with Crippen LogP contribution in [0.5, 0.6) is 0 Å². The van der Waals surface area contributed by atoms with Crippen LogP contribution in [0.1, 0.15) is 38.2 Å². The number of ether oxygens (including phenoxy) is 1. The van der Waals surface area contributed by atoms with E-state index in [0.717, 1.165) is 80.4 Å². The lowest BCUT2D eigenvalue weighted by Gasteiger charge is -2.28. The SMILES string of the molecule is CCCc1ccc2c(N3CCOCC3)nc(CCC)nc2n1. The largest absolute Gasteiger partial charge is 0.378 e. The molecule has 1 aliphatic rings. The minimum atomic E-state index is 0.760. The minimum absolute atomic E-state index is 0.760. The summed E-state index contributed by atoms with van der Waals surface area (Å²) in [6, 6.07) is 4.24. The average Bonchev–Trinajstić information content (AvgIpc) is 2.55. The topological polar surface area (TPSA) is 51.1 Å². The first-order chi connectivity index (χ1) is 10.8. The molecule has 3 rings (SSSR count). The Bertz CT molecular complexity index is 633. The van der Waals surface area contributed by atoms with Crippen LogP contribution in [-0.2, 0) is 17.6 Å². The van der Waals surface area contributed by atoms with Crippen LogP contribution < -0.4 is 4.90 Å². The van der Waals surface area contributed by atoms with Crippen molar-refractivity contribution >= 4 is 16.9 Å². The van der Waals surface area contributed by atoms with E-state index in [-0.39, 0.29) is 0 Å². The van der Waals surface area contributed by atoms with E-state index in [1.165, 1.54) is 0 Å². The average molecular weight is 300 g/mol. The van der Waals surface area contributed by atoms with Crippen LogP contribution in [0.3, 0.4) is 0 Å². The molecule has 0 radical (unpaired) electrons. The Labute approximate surface area is 131 Å². The smallest absolute Gasteiger partial charge is 0.165 e. The molecule has 0 aliphatic carbocycles. The van der Waals surface area contributed by atoms with Crippen molar-refractivity contribution in [3.63, 3.8) is 0 Å². The minimum Gasteiger partial charge on any atom is -0.378 e.